The number of carbonyl (C=O) groups is 1. The van der Waals surface area contributed by atoms with Crippen molar-refractivity contribution in [2.24, 2.45) is 0 Å². The van der Waals surface area contributed by atoms with Gasteiger partial charge in [-0.1, -0.05) is 48.5 Å². The molecule has 2 N–H and O–H groups in total. The van der Waals surface area contributed by atoms with E-state index in [4.69, 9.17) is 4.74 Å². The van der Waals surface area contributed by atoms with Crippen LogP contribution < -0.4 is 14.8 Å². The Balaban J connectivity index is 1.63. The number of ether oxygens (including phenoxy) is 1. The molecule has 0 spiro atoms. The van der Waals surface area contributed by atoms with Crippen LogP contribution in [0.25, 0.3) is 0 Å². The lowest BCUT2D eigenvalue weighted by Gasteiger charge is -2.13. The molecule has 0 aliphatic heterocycles. The van der Waals surface area contributed by atoms with E-state index in [2.05, 4.69) is 10.0 Å². The molecule has 6 nitrogen and oxygen atoms in total. The molecule has 0 aliphatic carbocycles. The Hall–Kier alpha value is -3.32. The van der Waals surface area contributed by atoms with Crippen molar-refractivity contribution in [1.82, 2.24) is 0 Å². The van der Waals surface area contributed by atoms with Crippen LogP contribution in [-0.4, -0.2) is 20.6 Å². The van der Waals surface area contributed by atoms with E-state index in [0.29, 0.717) is 23.5 Å². The first-order chi connectivity index (χ1) is 14.3. The van der Waals surface area contributed by atoms with Crippen LogP contribution in [0.1, 0.15) is 16.7 Å². The number of hydrogen-bond acceptors (Lipinski definition) is 4. The molecule has 0 unspecified atom stereocenters. The molecule has 3 rings (SSSR count). The zero-order chi connectivity index (χ0) is 21.6. The zero-order valence-corrected chi connectivity index (χ0v) is 17.7. The Kier molecular flexibility index (Phi) is 6.74. The van der Waals surface area contributed by atoms with Crippen molar-refractivity contribution in [2.45, 2.75) is 20.0 Å². The van der Waals surface area contributed by atoms with Crippen molar-refractivity contribution < 1.29 is 17.9 Å². The fourth-order valence-corrected chi connectivity index (χ4v) is 3.55. The van der Waals surface area contributed by atoms with Crippen LogP contribution in [0.2, 0.25) is 0 Å². The summed E-state index contributed by atoms with van der Waals surface area (Å²) in [5.41, 5.74) is 3.63. The summed E-state index contributed by atoms with van der Waals surface area (Å²) in [4.78, 5) is 12.5. The molecule has 0 fully saturated rings. The number of aryl methyl sites for hydroxylation is 1. The summed E-state index contributed by atoms with van der Waals surface area (Å²) < 4.78 is 31.3. The lowest BCUT2D eigenvalue weighted by molar-refractivity contribution is -0.115. The quantitative estimate of drug-likeness (QED) is 0.570. The zero-order valence-electron chi connectivity index (χ0n) is 16.9. The maximum Gasteiger partial charge on any atom is 0.229 e. The third-order valence-electron chi connectivity index (χ3n) is 4.38. The molecule has 30 heavy (non-hydrogen) atoms. The van der Waals surface area contributed by atoms with Crippen molar-refractivity contribution in [1.29, 1.82) is 0 Å². The Morgan fingerprint density at radius 2 is 1.63 bits per heavy atom. The normalized spacial score (nSPS) is 11.0. The summed E-state index contributed by atoms with van der Waals surface area (Å²) in [6, 6.07) is 22.2. The first kappa shape index (κ1) is 21.4. The average Bonchev–Trinajstić information content (AvgIpc) is 2.69. The van der Waals surface area contributed by atoms with E-state index in [0.717, 1.165) is 23.1 Å². The van der Waals surface area contributed by atoms with E-state index in [1.807, 2.05) is 49.4 Å². The van der Waals surface area contributed by atoms with Crippen molar-refractivity contribution >= 4 is 27.3 Å². The van der Waals surface area contributed by atoms with Gasteiger partial charge in [0.1, 0.15) is 12.4 Å². The first-order valence-corrected chi connectivity index (χ1v) is 11.3. The first-order valence-electron chi connectivity index (χ1n) is 9.43. The van der Waals surface area contributed by atoms with Gasteiger partial charge in [0.2, 0.25) is 15.9 Å². The van der Waals surface area contributed by atoms with Gasteiger partial charge in [0.05, 0.1) is 18.4 Å². The van der Waals surface area contributed by atoms with Crippen LogP contribution in [0.3, 0.4) is 0 Å². The molecule has 0 radical (unpaired) electrons. The number of carbonyl (C=O) groups excluding carboxylic acids is 1. The predicted molar refractivity (Wildman–Crippen MR) is 119 cm³/mol. The molecule has 0 heterocycles. The number of sulfonamides is 1. The standard InChI is InChI=1S/C23H24N2O4S/c1-17-14-20(29-16-18-8-4-3-5-9-18)12-13-21(17)24-23(26)15-19-10-6-7-11-22(19)25-30(2,27)28/h3-14,25H,15-16H2,1-2H3,(H,24,26). The summed E-state index contributed by atoms with van der Waals surface area (Å²) in [7, 11) is -3.43. The molecule has 0 aromatic heterocycles. The second-order valence-electron chi connectivity index (χ2n) is 7.01. The molecule has 0 bridgehead atoms. The Labute approximate surface area is 177 Å². The van der Waals surface area contributed by atoms with Gasteiger partial charge in [-0.2, -0.15) is 0 Å². The number of amides is 1. The van der Waals surface area contributed by atoms with Gasteiger partial charge in [-0.05, 0) is 47.9 Å². The molecule has 0 aliphatic rings. The molecular formula is C23H24N2O4S. The van der Waals surface area contributed by atoms with Crippen LogP contribution >= 0.6 is 0 Å². The van der Waals surface area contributed by atoms with E-state index in [1.54, 1.807) is 30.3 Å². The third-order valence-corrected chi connectivity index (χ3v) is 4.97. The van der Waals surface area contributed by atoms with E-state index >= 15 is 0 Å². The van der Waals surface area contributed by atoms with Gasteiger partial charge in [0.25, 0.3) is 0 Å². The van der Waals surface area contributed by atoms with E-state index in [1.165, 1.54) is 0 Å². The second kappa shape index (κ2) is 9.45. The highest BCUT2D eigenvalue weighted by molar-refractivity contribution is 7.92. The maximum absolute atomic E-state index is 12.5. The van der Waals surface area contributed by atoms with Crippen molar-refractivity contribution in [3.05, 3.63) is 89.5 Å². The summed E-state index contributed by atoms with van der Waals surface area (Å²) in [5.74, 6) is 0.482. The fraction of sp³-hybridized carbons (Fsp3) is 0.174. The van der Waals surface area contributed by atoms with Gasteiger partial charge in [-0.15, -0.1) is 0 Å². The van der Waals surface area contributed by atoms with Gasteiger partial charge in [-0.3, -0.25) is 9.52 Å². The molecular weight excluding hydrogens is 400 g/mol. The van der Waals surface area contributed by atoms with Crippen LogP contribution in [-0.2, 0) is 27.8 Å². The van der Waals surface area contributed by atoms with Crippen LogP contribution in [0, 0.1) is 6.92 Å². The summed E-state index contributed by atoms with van der Waals surface area (Å²) in [5, 5.41) is 2.88. The molecule has 0 saturated carbocycles. The van der Waals surface area contributed by atoms with E-state index < -0.39 is 10.0 Å². The molecule has 3 aromatic rings. The fourth-order valence-electron chi connectivity index (χ4n) is 2.95. The second-order valence-corrected chi connectivity index (χ2v) is 8.76. The number of anilines is 2. The van der Waals surface area contributed by atoms with Crippen LogP contribution in [0.5, 0.6) is 5.75 Å². The summed E-state index contributed by atoms with van der Waals surface area (Å²) in [6.07, 6.45) is 1.12. The van der Waals surface area contributed by atoms with E-state index in [9.17, 15) is 13.2 Å². The molecule has 156 valence electrons. The van der Waals surface area contributed by atoms with Crippen molar-refractivity contribution in [3.63, 3.8) is 0 Å². The highest BCUT2D eigenvalue weighted by Crippen LogP contribution is 2.23. The number of hydrogen-bond donors (Lipinski definition) is 2. The highest BCUT2D eigenvalue weighted by atomic mass is 32.2. The number of rotatable bonds is 8. The number of para-hydroxylation sites is 1. The molecule has 3 aromatic carbocycles. The Morgan fingerprint density at radius 3 is 2.33 bits per heavy atom. The van der Waals surface area contributed by atoms with Gasteiger partial charge >= 0.3 is 0 Å². The van der Waals surface area contributed by atoms with Gasteiger partial charge in [0.15, 0.2) is 0 Å². The smallest absolute Gasteiger partial charge is 0.229 e. The summed E-state index contributed by atoms with van der Waals surface area (Å²) >= 11 is 0. The largest absolute Gasteiger partial charge is 0.489 e. The molecule has 1 amide bonds. The third kappa shape index (κ3) is 6.35. The molecule has 7 heteroatoms. The van der Waals surface area contributed by atoms with Gasteiger partial charge in [0, 0.05) is 5.69 Å². The highest BCUT2D eigenvalue weighted by Gasteiger charge is 2.12. The van der Waals surface area contributed by atoms with Gasteiger partial charge < -0.3 is 10.1 Å². The number of benzene rings is 3. The summed E-state index contributed by atoms with van der Waals surface area (Å²) in [6.45, 7) is 2.36. The topological polar surface area (TPSA) is 84.5 Å². The predicted octanol–water partition coefficient (Wildman–Crippen LogP) is 4.13. The lowest BCUT2D eigenvalue weighted by Crippen LogP contribution is -2.17. The Morgan fingerprint density at radius 1 is 0.933 bits per heavy atom. The number of nitrogens with one attached hydrogen (secondary N) is 2. The van der Waals surface area contributed by atoms with Crippen LogP contribution in [0.15, 0.2) is 72.8 Å². The average molecular weight is 425 g/mol. The lowest BCUT2D eigenvalue weighted by atomic mass is 10.1. The minimum Gasteiger partial charge on any atom is -0.489 e. The monoisotopic (exact) mass is 424 g/mol. The van der Waals surface area contributed by atoms with Crippen LogP contribution in [0.4, 0.5) is 11.4 Å². The molecule has 0 saturated heterocycles. The van der Waals surface area contributed by atoms with E-state index in [-0.39, 0.29) is 12.3 Å². The van der Waals surface area contributed by atoms with Crippen molar-refractivity contribution in [3.8, 4) is 5.75 Å². The maximum atomic E-state index is 12.5. The van der Waals surface area contributed by atoms with Crippen molar-refractivity contribution in [2.75, 3.05) is 16.3 Å². The SMILES string of the molecule is Cc1cc(OCc2ccccc2)ccc1NC(=O)Cc1ccccc1NS(C)(=O)=O. The van der Waals surface area contributed by atoms with Gasteiger partial charge in [-0.25, -0.2) is 8.42 Å². The Bertz CT molecular complexity index is 1130. The minimum atomic E-state index is -3.43. The molecule has 0 atom stereocenters. The minimum absolute atomic E-state index is 0.0460.